The summed E-state index contributed by atoms with van der Waals surface area (Å²) in [4.78, 5) is 13.5. The Balaban J connectivity index is 1.66. The maximum atomic E-state index is 11.8. The van der Waals surface area contributed by atoms with Crippen molar-refractivity contribution in [1.29, 1.82) is 0 Å². The minimum absolute atomic E-state index is 0.0163. The van der Waals surface area contributed by atoms with Crippen LogP contribution in [0.2, 0.25) is 0 Å². The molecular formula is C18H26BrN2O+. The summed E-state index contributed by atoms with van der Waals surface area (Å²) in [6, 6.07) is 8.66. The maximum Gasteiger partial charge on any atom is 0.244 e. The third-order valence-electron chi connectivity index (χ3n) is 4.38. The normalized spacial score (nSPS) is 21.9. The fourth-order valence-corrected chi connectivity index (χ4v) is 3.40. The quantitative estimate of drug-likeness (QED) is 0.589. The van der Waals surface area contributed by atoms with Crippen molar-refractivity contribution in [1.82, 2.24) is 5.32 Å². The topological polar surface area (TPSA) is 33.5 Å². The van der Waals surface area contributed by atoms with E-state index in [1.54, 1.807) is 11.0 Å². The molecule has 1 fully saturated rings. The lowest BCUT2D eigenvalue weighted by Crippen LogP contribution is -3.16. The van der Waals surface area contributed by atoms with Crippen molar-refractivity contribution in [2.24, 2.45) is 0 Å². The number of hydrogen-bond acceptors (Lipinski definition) is 1. The second kappa shape index (κ2) is 9.11. The van der Waals surface area contributed by atoms with Gasteiger partial charge in [0, 0.05) is 23.5 Å². The lowest BCUT2D eigenvalue weighted by atomic mass is 10.0. The fourth-order valence-electron chi connectivity index (χ4n) is 2.99. The van der Waals surface area contributed by atoms with Crippen molar-refractivity contribution in [2.75, 3.05) is 19.6 Å². The van der Waals surface area contributed by atoms with Crippen LogP contribution in [-0.4, -0.2) is 31.6 Å². The van der Waals surface area contributed by atoms with Gasteiger partial charge in [-0.15, -0.1) is 0 Å². The number of benzene rings is 1. The molecule has 1 aliphatic heterocycles. The molecule has 0 spiro atoms. The molecule has 1 aromatic rings. The summed E-state index contributed by atoms with van der Waals surface area (Å²) >= 11 is 3.47. The number of rotatable bonds is 6. The SMILES string of the molecule is C[C@H]1CCCC[NH+]1CCCNC(=O)/C=C/c1ccccc1Br. The molecule has 0 radical (unpaired) electrons. The molecule has 120 valence electrons. The van der Waals surface area contributed by atoms with E-state index in [9.17, 15) is 4.79 Å². The first-order valence-electron chi connectivity index (χ1n) is 8.22. The van der Waals surface area contributed by atoms with Gasteiger partial charge in [-0.05, 0) is 43.9 Å². The highest BCUT2D eigenvalue weighted by atomic mass is 79.9. The summed E-state index contributed by atoms with van der Waals surface area (Å²) < 4.78 is 1.00. The molecule has 1 heterocycles. The summed E-state index contributed by atoms with van der Waals surface area (Å²) in [5, 5.41) is 2.97. The lowest BCUT2D eigenvalue weighted by Gasteiger charge is -2.30. The van der Waals surface area contributed by atoms with E-state index in [0.29, 0.717) is 0 Å². The molecule has 3 nitrogen and oxygen atoms in total. The molecule has 1 aromatic carbocycles. The van der Waals surface area contributed by atoms with Gasteiger partial charge >= 0.3 is 0 Å². The summed E-state index contributed by atoms with van der Waals surface area (Å²) in [5.41, 5.74) is 1.02. The van der Waals surface area contributed by atoms with Crippen LogP contribution in [0, 0.1) is 0 Å². The van der Waals surface area contributed by atoms with Crippen LogP contribution in [0.5, 0.6) is 0 Å². The summed E-state index contributed by atoms with van der Waals surface area (Å²) in [6.07, 6.45) is 8.57. The molecule has 0 saturated carbocycles. The van der Waals surface area contributed by atoms with Gasteiger partial charge in [0.1, 0.15) is 0 Å². The zero-order valence-corrected chi connectivity index (χ0v) is 14.9. The Bertz CT molecular complexity index is 516. The summed E-state index contributed by atoms with van der Waals surface area (Å²) in [5.74, 6) is -0.0163. The Morgan fingerprint density at radius 3 is 3.00 bits per heavy atom. The van der Waals surface area contributed by atoms with Crippen molar-refractivity contribution in [3.05, 3.63) is 40.4 Å². The van der Waals surface area contributed by atoms with Crippen molar-refractivity contribution >= 4 is 27.9 Å². The van der Waals surface area contributed by atoms with Gasteiger partial charge < -0.3 is 10.2 Å². The van der Waals surface area contributed by atoms with Gasteiger partial charge in [0.05, 0.1) is 19.1 Å². The van der Waals surface area contributed by atoms with E-state index < -0.39 is 0 Å². The third-order valence-corrected chi connectivity index (χ3v) is 5.10. The minimum Gasteiger partial charge on any atom is -0.352 e. The number of likely N-dealkylation sites (tertiary alicyclic amines) is 1. The Kier molecular flexibility index (Phi) is 7.13. The summed E-state index contributed by atoms with van der Waals surface area (Å²) in [6.45, 7) is 5.55. The first-order valence-corrected chi connectivity index (χ1v) is 9.01. The Hall–Kier alpha value is -1.13. The molecule has 0 aromatic heterocycles. The molecule has 1 amide bonds. The highest BCUT2D eigenvalue weighted by Crippen LogP contribution is 2.16. The predicted octanol–water partition coefficient (Wildman–Crippen LogP) is 2.43. The monoisotopic (exact) mass is 365 g/mol. The number of piperidine rings is 1. The van der Waals surface area contributed by atoms with Gasteiger partial charge in [-0.2, -0.15) is 0 Å². The van der Waals surface area contributed by atoms with Gasteiger partial charge in [-0.3, -0.25) is 4.79 Å². The average molecular weight is 366 g/mol. The van der Waals surface area contributed by atoms with Crippen LogP contribution >= 0.6 is 15.9 Å². The number of quaternary nitrogens is 1. The fraction of sp³-hybridized carbons (Fsp3) is 0.500. The zero-order chi connectivity index (χ0) is 15.8. The molecule has 1 saturated heterocycles. The molecule has 2 rings (SSSR count). The molecule has 1 unspecified atom stereocenters. The second-order valence-electron chi connectivity index (χ2n) is 6.05. The number of halogens is 1. The first kappa shape index (κ1) is 17.2. The van der Waals surface area contributed by atoms with Crippen molar-refractivity contribution < 1.29 is 9.69 Å². The maximum absolute atomic E-state index is 11.8. The van der Waals surface area contributed by atoms with E-state index in [4.69, 9.17) is 0 Å². The Morgan fingerprint density at radius 1 is 1.41 bits per heavy atom. The molecule has 2 N–H and O–H groups in total. The van der Waals surface area contributed by atoms with Crippen LogP contribution in [-0.2, 0) is 4.79 Å². The van der Waals surface area contributed by atoms with Gasteiger partial charge in [0.15, 0.2) is 0 Å². The molecule has 0 aliphatic carbocycles. The van der Waals surface area contributed by atoms with E-state index in [2.05, 4.69) is 28.2 Å². The van der Waals surface area contributed by atoms with Gasteiger partial charge in [-0.25, -0.2) is 0 Å². The largest absolute Gasteiger partial charge is 0.352 e. The lowest BCUT2D eigenvalue weighted by molar-refractivity contribution is -0.928. The van der Waals surface area contributed by atoms with Crippen LogP contribution < -0.4 is 10.2 Å². The van der Waals surface area contributed by atoms with E-state index in [0.717, 1.165) is 35.6 Å². The van der Waals surface area contributed by atoms with Crippen molar-refractivity contribution in [3.63, 3.8) is 0 Å². The molecule has 1 aliphatic rings. The number of carbonyl (C=O) groups excluding carboxylic acids is 1. The number of hydrogen-bond donors (Lipinski definition) is 2. The van der Waals surface area contributed by atoms with Crippen LogP contribution in [0.4, 0.5) is 0 Å². The molecule has 22 heavy (non-hydrogen) atoms. The van der Waals surface area contributed by atoms with Gasteiger partial charge in [-0.1, -0.05) is 34.1 Å². The van der Waals surface area contributed by atoms with Crippen LogP contribution in [0.1, 0.15) is 38.2 Å². The Labute approximate surface area is 141 Å². The highest BCUT2D eigenvalue weighted by molar-refractivity contribution is 9.10. The van der Waals surface area contributed by atoms with Gasteiger partial charge in [0.2, 0.25) is 5.91 Å². The predicted molar refractivity (Wildman–Crippen MR) is 94.8 cm³/mol. The number of carbonyl (C=O) groups is 1. The minimum atomic E-state index is -0.0163. The number of amides is 1. The van der Waals surface area contributed by atoms with Crippen LogP contribution in [0.15, 0.2) is 34.8 Å². The zero-order valence-electron chi connectivity index (χ0n) is 13.3. The molecular weight excluding hydrogens is 340 g/mol. The van der Waals surface area contributed by atoms with E-state index >= 15 is 0 Å². The first-order chi connectivity index (χ1) is 10.7. The Morgan fingerprint density at radius 2 is 2.23 bits per heavy atom. The van der Waals surface area contributed by atoms with E-state index in [1.165, 1.54) is 25.8 Å². The van der Waals surface area contributed by atoms with Crippen molar-refractivity contribution in [2.45, 2.75) is 38.6 Å². The summed E-state index contributed by atoms with van der Waals surface area (Å²) in [7, 11) is 0. The molecule has 0 bridgehead atoms. The van der Waals surface area contributed by atoms with Gasteiger partial charge in [0.25, 0.3) is 0 Å². The van der Waals surface area contributed by atoms with E-state index in [1.807, 2.05) is 30.3 Å². The highest BCUT2D eigenvalue weighted by Gasteiger charge is 2.20. The second-order valence-corrected chi connectivity index (χ2v) is 6.91. The van der Waals surface area contributed by atoms with Crippen LogP contribution in [0.25, 0.3) is 6.08 Å². The molecule has 4 heteroatoms. The van der Waals surface area contributed by atoms with Crippen molar-refractivity contribution in [3.8, 4) is 0 Å². The van der Waals surface area contributed by atoms with Crippen LogP contribution in [0.3, 0.4) is 0 Å². The third kappa shape index (κ3) is 5.58. The van der Waals surface area contributed by atoms with E-state index in [-0.39, 0.29) is 5.91 Å². The smallest absolute Gasteiger partial charge is 0.244 e. The number of nitrogens with one attached hydrogen (secondary N) is 2. The standard InChI is InChI=1S/C18H25BrN2O/c1-15-7-4-5-13-21(15)14-6-12-20-18(22)11-10-16-8-2-3-9-17(16)19/h2-3,8-11,15H,4-7,12-14H2,1H3,(H,20,22)/p+1/b11-10+/t15-/m0/s1. The average Bonchev–Trinajstić information content (AvgIpc) is 2.52. The molecule has 2 atom stereocenters.